The molecule has 0 aliphatic carbocycles. The van der Waals surface area contributed by atoms with Gasteiger partial charge in [0.25, 0.3) is 0 Å². The number of Topliss-reactive ketones (excluding diaryl/α,β-unsaturated/α-hetero) is 1. The number of carbonyl (C=O) groups excluding carboxylic acids is 1. The van der Waals surface area contributed by atoms with Crippen LogP contribution in [-0.2, 0) is 4.79 Å². The summed E-state index contributed by atoms with van der Waals surface area (Å²) in [5, 5.41) is 8.98. The molecule has 0 rings (SSSR count). The van der Waals surface area contributed by atoms with E-state index in [-0.39, 0.29) is 12.5 Å². The Labute approximate surface area is 87.7 Å². The zero-order valence-corrected chi connectivity index (χ0v) is 9.75. The van der Waals surface area contributed by atoms with Crippen molar-refractivity contribution in [1.29, 1.82) is 0 Å². The quantitative estimate of drug-likeness (QED) is 0.654. The van der Waals surface area contributed by atoms with Crippen LogP contribution >= 0.6 is 0 Å². The first-order valence-corrected chi connectivity index (χ1v) is 5.83. The lowest BCUT2D eigenvalue weighted by Gasteiger charge is -2.14. The maximum atomic E-state index is 11.7. The number of ketones is 1. The van der Waals surface area contributed by atoms with Crippen LogP contribution in [0.4, 0.5) is 0 Å². The van der Waals surface area contributed by atoms with Crippen molar-refractivity contribution < 1.29 is 9.90 Å². The minimum Gasteiger partial charge on any atom is -0.396 e. The van der Waals surface area contributed by atoms with E-state index in [2.05, 4.69) is 20.8 Å². The Bertz CT molecular complexity index is 146. The average Bonchev–Trinajstić information content (AvgIpc) is 2.21. The number of rotatable bonds is 8. The molecule has 1 atom stereocenters. The SMILES string of the molecule is CCC(CO)CCC(=O)C(CC)CC. The molecule has 0 spiro atoms. The lowest BCUT2D eigenvalue weighted by Crippen LogP contribution is -2.15. The van der Waals surface area contributed by atoms with Gasteiger partial charge in [0.05, 0.1) is 0 Å². The van der Waals surface area contributed by atoms with Gasteiger partial charge in [-0.2, -0.15) is 0 Å². The number of carbonyl (C=O) groups is 1. The van der Waals surface area contributed by atoms with Gasteiger partial charge in [-0.05, 0) is 25.2 Å². The summed E-state index contributed by atoms with van der Waals surface area (Å²) in [7, 11) is 0. The van der Waals surface area contributed by atoms with Crippen LogP contribution in [-0.4, -0.2) is 17.5 Å². The van der Waals surface area contributed by atoms with E-state index in [0.717, 1.165) is 25.7 Å². The molecule has 2 nitrogen and oxygen atoms in total. The molecule has 0 aromatic carbocycles. The van der Waals surface area contributed by atoms with E-state index in [1.54, 1.807) is 0 Å². The van der Waals surface area contributed by atoms with Gasteiger partial charge in [-0.15, -0.1) is 0 Å². The van der Waals surface area contributed by atoms with Crippen LogP contribution in [0.3, 0.4) is 0 Å². The van der Waals surface area contributed by atoms with Gasteiger partial charge in [0.15, 0.2) is 0 Å². The standard InChI is InChI=1S/C12H24O2/c1-4-10(9-13)7-8-12(14)11(5-2)6-3/h10-11,13H,4-9H2,1-3H3. The van der Waals surface area contributed by atoms with Gasteiger partial charge in [-0.25, -0.2) is 0 Å². The molecule has 0 aliphatic heterocycles. The molecule has 0 amide bonds. The van der Waals surface area contributed by atoms with Gasteiger partial charge in [-0.3, -0.25) is 4.79 Å². The summed E-state index contributed by atoms with van der Waals surface area (Å²) < 4.78 is 0. The monoisotopic (exact) mass is 200 g/mol. The Hall–Kier alpha value is -0.370. The summed E-state index contributed by atoms with van der Waals surface area (Å²) in [6.07, 6.45) is 4.36. The first-order chi connectivity index (χ1) is 6.69. The van der Waals surface area contributed by atoms with Gasteiger partial charge in [0.1, 0.15) is 5.78 Å². The molecule has 14 heavy (non-hydrogen) atoms. The third-order valence-electron chi connectivity index (χ3n) is 3.08. The molecule has 2 heteroatoms. The topological polar surface area (TPSA) is 37.3 Å². The van der Waals surface area contributed by atoms with Crippen molar-refractivity contribution in [2.45, 2.75) is 52.9 Å². The molecule has 0 heterocycles. The molecule has 0 saturated heterocycles. The van der Waals surface area contributed by atoms with Crippen LogP contribution in [0.15, 0.2) is 0 Å². The Morgan fingerprint density at radius 3 is 2.07 bits per heavy atom. The minimum atomic E-state index is 0.215. The predicted molar refractivity (Wildman–Crippen MR) is 59.2 cm³/mol. The first-order valence-electron chi connectivity index (χ1n) is 5.83. The molecule has 0 saturated carbocycles. The second-order valence-electron chi connectivity index (χ2n) is 3.98. The molecule has 0 bridgehead atoms. The van der Waals surface area contributed by atoms with Crippen molar-refractivity contribution in [2.24, 2.45) is 11.8 Å². The second kappa shape index (κ2) is 7.98. The molecular formula is C12H24O2. The fourth-order valence-corrected chi connectivity index (χ4v) is 1.72. The van der Waals surface area contributed by atoms with Gasteiger partial charge in [0.2, 0.25) is 0 Å². The number of aliphatic hydroxyl groups is 1. The Kier molecular flexibility index (Phi) is 7.77. The van der Waals surface area contributed by atoms with Crippen LogP contribution in [0.2, 0.25) is 0 Å². The molecule has 0 fully saturated rings. The highest BCUT2D eigenvalue weighted by Crippen LogP contribution is 2.16. The average molecular weight is 200 g/mol. The largest absolute Gasteiger partial charge is 0.396 e. The maximum Gasteiger partial charge on any atom is 0.135 e. The van der Waals surface area contributed by atoms with E-state index < -0.39 is 0 Å². The minimum absolute atomic E-state index is 0.215. The van der Waals surface area contributed by atoms with Crippen molar-refractivity contribution in [3.8, 4) is 0 Å². The number of hydrogen-bond donors (Lipinski definition) is 1. The van der Waals surface area contributed by atoms with E-state index in [4.69, 9.17) is 5.11 Å². The van der Waals surface area contributed by atoms with E-state index in [0.29, 0.717) is 18.1 Å². The highest BCUT2D eigenvalue weighted by atomic mass is 16.3. The van der Waals surface area contributed by atoms with Crippen molar-refractivity contribution >= 4 is 5.78 Å². The zero-order valence-electron chi connectivity index (χ0n) is 9.75. The first kappa shape index (κ1) is 13.6. The van der Waals surface area contributed by atoms with Crippen molar-refractivity contribution in [2.75, 3.05) is 6.61 Å². The molecule has 0 aromatic heterocycles. The molecule has 0 radical (unpaired) electrons. The van der Waals surface area contributed by atoms with E-state index in [1.807, 2.05) is 0 Å². The highest BCUT2D eigenvalue weighted by molar-refractivity contribution is 5.80. The molecule has 1 N–H and O–H groups in total. The fourth-order valence-electron chi connectivity index (χ4n) is 1.72. The van der Waals surface area contributed by atoms with Crippen LogP contribution in [0.25, 0.3) is 0 Å². The summed E-state index contributed by atoms with van der Waals surface area (Å²) in [4.78, 5) is 11.7. The summed E-state index contributed by atoms with van der Waals surface area (Å²) >= 11 is 0. The molecule has 84 valence electrons. The Balaban J connectivity index is 3.81. The van der Waals surface area contributed by atoms with Crippen LogP contribution in [0.5, 0.6) is 0 Å². The van der Waals surface area contributed by atoms with Crippen molar-refractivity contribution in [3.05, 3.63) is 0 Å². The summed E-state index contributed by atoms with van der Waals surface area (Å²) in [5.41, 5.74) is 0. The van der Waals surface area contributed by atoms with Crippen molar-refractivity contribution in [3.63, 3.8) is 0 Å². The van der Waals surface area contributed by atoms with Crippen LogP contribution in [0.1, 0.15) is 52.9 Å². The summed E-state index contributed by atoms with van der Waals surface area (Å²) in [5.74, 6) is 0.932. The fraction of sp³-hybridized carbons (Fsp3) is 0.917. The van der Waals surface area contributed by atoms with Gasteiger partial charge < -0.3 is 5.11 Å². The molecule has 1 unspecified atom stereocenters. The van der Waals surface area contributed by atoms with Gasteiger partial charge >= 0.3 is 0 Å². The van der Waals surface area contributed by atoms with Crippen LogP contribution in [0, 0.1) is 11.8 Å². The smallest absolute Gasteiger partial charge is 0.135 e. The number of hydrogen-bond acceptors (Lipinski definition) is 2. The highest BCUT2D eigenvalue weighted by Gasteiger charge is 2.15. The third-order valence-corrected chi connectivity index (χ3v) is 3.08. The zero-order chi connectivity index (χ0) is 11.0. The molecule has 0 aromatic rings. The Morgan fingerprint density at radius 1 is 1.14 bits per heavy atom. The van der Waals surface area contributed by atoms with E-state index in [9.17, 15) is 4.79 Å². The Morgan fingerprint density at radius 2 is 1.71 bits per heavy atom. The number of aliphatic hydroxyl groups excluding tert-OH is 1. The second-order valence-corrected chi connectivity index (χ2v) is 3.98. The van der Waals surface area contributed by atoms with Crippen molar-refractivity contribution in [1.82, 2.24) is 0 Å². The summed E-state index contributed by atoms with van der Waals surface area (Å²) in [6.45, 7) is 6.40. The normalized spacial score (nSPS) is 13.2. The molecular weight excluding hydrogens is 176 g/mol. The van der Waals surface area contributed by atoms with Gasteiger partial charge in [-0.1, -0.05) is 27.2 Å². The predicted octanol–water partition coefficient (Wildman–Crippen LogP) is 2.79. The lowest BCUT2D eigenvalue weighted by atomic mass is 9.91. The third kappa shape index (κ3) is 4.75. The lowest BCUT2D eigenvalue weighted by molar-refractivity contribution is -0.123. The van der Waals surface area contributed by atoms with E-state index >= 15 is 0 Å². The van der Waals surface area contributed by atoms with E-state index in [1.165, 1.54) is 0 Å². The van der Waals surface area contributed by atoms with Gasteiger partial charge in [0, 0.05) is 18.9 Å². The maximum absolute atomic E-state index is 11.7. The molecule has 0 aliphatic rings. The van der Waals surface area contributed by atoms with Crippen LogP contribution < -0.4 is 0 Å². The summed E-state index contributed by atoms with van der Waals surface area (Å²) in [6, 6.07) is 0.